The van der Waals surface area contributed by atoms with Crippen molar-refractivity contribution in [3.05, 3.63) is 23.4 Å². The molecule has 3 aromatic heterocycles. The van der Waals surface area contributed by atoms with Crippen molar-refractivity contribution in [1.82, 2.24) is 19.6 Å². The molecule has 0 bridgehead atoms. The van der Waals surface area contributed by atoms with Crippen LogP contribution in [0.15, 0.2) is 12.1 Å². The summed E-state index contributed by atoms with van der Waals surface area (Å²) in [5.41, 5.74) is 4.13. The molecule has 1 aliphatic carbocycles. The van der Waals surface area contributed by atoms with Gasteiger partial charge in [0.1, 0.15) is 17.0 Å². The molecule has 7 nitrogen and oxygen atoms in total. The largest absolute Gasteiger partial charge is 0.377 e. The van der Waals surface area contributed by atoms with E-state index < -0.39 is 5.41 Å². The lowest BCUT2D eigenvalue weighted by molar-refractivity contribution is 0.0985. The standard InChI is InChI=1S/C21H24N6OS/c1-13-9-16(25-24-13)18-19-20(29-26-18)15(21(12-22)5-3-4-6-21)10-17(23-19)27-7-8-28-11-14(27)2/h9-10,14H,3-8,11H2,1-2H3,(H,24,25)/t14-/m1/s1. The molecule has 0 unspecified atom stereocenters. The lowest BCUT2D eigenvalue weighted by atomic mass is 9.80. The predicted molar refractivity (Wildman–Crippen MR) is 113 cm³/mol. The Balaban J connectivity index is 1.74. The minimum atomic E-state index is -0.445. The molecular weight excluding hydrogens is 384 g/mol. The van der Waals surface area contributed by atoms with E-state index in [1.807, 2.05) is 13.0 Å². The molecule has 0 radical (unpaired) electrons. The zero-order valence-corrected chi connectivity index (χ0v) is 17.6. The number of anilines is 1. The van der Waals surface area contributed by atoms with Crippen molar-refractivity contribution in [2.45, 2.75) is 51.0 Å². The first-order valence-electron chi connectivity index (χ1n) is 10.2. The Morgan fingerprint density at radius 1 is 1.34 bits per heavy atom. The molecular formula is C21H24N6OS. The molecule has 1 N–H and O–H groups in total. The zero-order valence-electron chi connectivity index (χ0n) is 16.7. The highest BCUT2D eigenvalue weighted by Crippen LogP contribution is 2.46. The molecule has 0 amide bonds. The third-order valence-electron chi connectivity index (χ3n) is 6.22. The second-order valence-corrected chi connectivity index (χ2v) is 8.95. The topological polar surface area (TPSA) is 90.7 Å². The first-order valence-corrected chi connectivity index (χ1v) is 11.0. The summed E-state index contributed by atoms with van der Waals surface area (Å²) in [6, 6.07) is 7.06. The number of rotatable bonds is 3. The summed E-state index contributed by atoms with van der Waals surface area (Å²) in [4.78, 5) is 7.35. The number of hydrogen-bond donors (Lipinski definition) is 1. The molecule has 1 atom stereocenters. The molecule has 3 aromatic rings. The van der Waals surface area contributed by atoms with Crippen molar-refractivity contribution in [3.8, 4) is 17.5 Å². The summed E-state index contributed by atoms with van der Waals surface area (Å²) in [6.45, 7) is 6.29. The quantitative estimate of drug-likeness (QED) is 0.706. The van der Waals surface area contributed by atoms with E-state index in [4.69, 9.17) is 14.1 Å². The highest BCUT2D eigenvalue weighted by Gasteiger charge is 2.39. The SMILES string of the molecule is Cc1cc(-c2nsc3c(C4(C#N)CCCC4)cc(N4CCOC[C@H]4C)nc23)[nH]n1. The fourth-order valence-corrected chi connectivity index (χ4v) is 5.57. The molecule has 1 aliphatic heterocycles. The van der Waals surface area contributed by atoms with Gasteiger partial charge < -0.3 is 9.64 Å². The van der Waals surface area contributed by atoms with E-state index in [1.165, 1.54) is 11.5 Å². The van der Waals surface area contributed by atoms with Gasteiger partial charge in [-0.05, 0) is 55.9 Å². The molecule has 29 heavy (non-hydrogen) atoms. The first kappa shape index (κ1) is 18.5. The smallest absolute Gasteiger partial charge is 0.130 e. The van der Waals surface area contributed by atoms with Gasteiger partial charge in [-0.1, -0.05) is 12.8 Å². The van der Waals surface area contributed by atoms with E-state index in [0.29, 0.717) is 13.2 Å². The molecule has 1 saturated heterocycles. The molecule has 0 aromatic carbocycles. The van der Waals surface area contributed by atoms with Gasteiger partial charge in [0, 0.05) is 6.54 Å². The fraction of sp³-hybridized carbons (Fsp3) is 0.524. The van der Waals surface area contributed by atoms with E-state index in [9.17, 15) is 5.26 Å². The molecule has 0 spiro atoms. The second-order valence-electron chi connectivity index (χ2n) is 8.18. The number of nitriles is 1. The van der Waals surface area contributed by atoms with Crippen LogP contribution in [-0.2, 0) is 10.2 Å². The van der Waals surface area contributed by atoms with E-state index in [-0.39, 0.29) is 6.04 Å². The molecule has 5 rings (SSSR count). The van der Waals surface area contributed by atoms with Crippen LogP contribution in [0.2, 0.25) is 0 Å². The van der Waals surface area contributed by atoms with Crippen LogP contribution in [0.25, 0.3) is 21.6 Å². The monoisotopic (exact) mass is 408 g/mol. The maximum absolute atomic E-state index is 10.2. The van der Waals surface area contributed by atoms with Crippen molar-refractivity contribution in [2.24, 2.45) is 0 Å². The van der Waals surface area contributed by atoms with Crippen LogP contribution in [0, 0.1) is 18.3 Å². The van der Waals surface area contributed by atoms with Gasteiger partial charge in [-0.2, -0.15) is 14.7 Å². The van der Waals surface area contributed by atoms with Crippen LogP contribution in [0.5, 0.6) is 0 Å². The second kappa shape index (κ2) is 7.08. The van der Waals surface area contributed by atoms with Gasteiger partial charge in [0.25, 0.3) is 0 Å². The number of nitrogens with zero attached hydrogens (tertiary/aromatic N) is 5. The van der Waals surface area contributed by atoms with Crippen LogP contribution in [-0.4, -0.2) is 45.4 Å². The number of morpholine rings is 1. The van der Waals surface area contributed by atoms with E-state index in [0.717, 1.165) is 70.9 Å². The number of H-pyrrole nitrogens is 1. The minimum absolute atomic E-state index is 0.243. The van der Waals surface area contributed by atoms with Gasteiger partial charge in [0.15, 0.2) is 0 Å². The predicted octanol–water partition coefficient (Wildman–Crippen LogP) is 3.95. The van der Waals surface area contributed by atoms with E-state index in [2.05, 4.69) is 34.2 Å². The molecule has 2 fully saturated rings. The highest BCUT2D eigenvalue weighted by molar-refractivity contribution is 7.13. The Kier molecular flexibility index (Phi) is 4.52. The maximum atomic E-state index is 10.2. The lowest BCUT2D eigenvalue weighted by Gasteiger charge is -2.35. The van der Waals surface area contributed by atoms with Crippen LogP contribution in [0.1, 0.15) is 43.9 Å². The molecule has 8 heteroatoms. The van der Waals surface area contributed by atoms with Crippen LogP contribution >= 0.6 is 11.5 Å². The van der Waals surface area contributed by atoms with Gasteiger partial charge in [-0.25, -0.2) is 4.98 Å². The number of aryl methyl sites for hydroxylation is 1. The Morgan fingerprint density at radius 3 is 2.86 bits per heavy atom. The van der Waals surface area contributed by atoms with Crippen LogP contribution < -0.4 is 4.90 Å². The summed E-state index contributed by atoms with van der Waals surface area (Å²) in [6.07, 6.45) is 3.98. The molecule has 4 heterocycles. The Hall–Kier alpha value is -2.50. The summed E-state index contributed by atoms with van der Waals surface area (Å²) >= 11 is 1.45. The Labute approximate surface area is 173 Å². The van der Waals surface area contributed by atoms with Crippen molar-refractivity contribution in [1.29, 1.82) is 5.26 Å². The summed E-state index contributed by atoms with van der Waals surface area (Å²) < 4.78 is 11.4. The lowest BCUT2D eigenvalue weighted by Crippen LogP contribution is -2.44. The van der Waals surface area contributed by atoms with Crippen molar-refractivity contribution < 1.29 is 4.74 Å². The van der Waals surface area contributed by atoms with E-state index >= 15 is 0 Å². The van der Waals surface area contributed by atoms with Crippen LogP contribution in [0.4, 0.5) is 5.82 Å². The number of aromatic amines is 1. The number of nitrogens with one attached hydrogen (secondary N) is 1. The average Bonchev–Trinajstić information content (AvgIpc) is 3.47. The number of pyridine rings is 1. The molecule has 1 saturated carbocycles. The minimum Gasteiger partial charge on any atom is -0.377 e. The summed E-state index contributed by atoms with van der Waals surface area (Å²) in [5, 5.41) is 17.5. The van der Waals surface area contributed by atoms with Gasteiger partial charge >= 0.3 is 0 Å². The van der Waals surface area contributed by atoms with Crippen molar-refractivity contribution >= 4 is 27.6 Å². The Bertz CT molecular complexity index is 1090. The highest BCUT2D eigenvalue weighted by atomic mass is 32.1. The van der Waals surface area contributed by atoms with Crippen LogP contribution in [0.3, 0.4) is 0 Å². The Morgan fingerprint density at radius 2 is 2.17 bits per heavy atom. The van der Waals surface area contributed by atoms with Crippen molar-refractivity contribution in [2.75, 3.05) is 24.7 Å². The van der Waals surface area contributed by atoms with Crippen molar-refractivity contribution in [3.63, 3.8) is 0 Å². The normalized spacial score (nSPS) is 21.6. The van der Waals surface area contributed by atoms with Gasteiger partial charge in [-0.15, -0.1) is 0 Å². The zero-order chi connectivity index (χ0) is 20.0. The third-order valence-corrected chi connectivity index (χ3v) is 7.09. The summed E-state index contributed by atoms with van der Waals surface area (Å²) in [7, 11) is 0. The third kappa shape index (κ3) is 3.00. The molecule has 2 aliphatic rings. The maximum Gasteiger partial charge on any atom is 0.130 e. The number of fused-ring (bicyclic) bond motifs is 1. The fourth-order valence-electron chi connectivity index (χ4n) is 4.62. The molecule has 150 valence electrons. The number of ether oxygens (including phenoxy) is 1. The number of aromatic nitrogens is 4. The summed E-state index contributed by atoms with van der Waals surface area (Å²) in [5.74, 6) is 0.919. The van der Waals surface area contributed by atoms with Gasteiger partial charge in [0.2, 0.25) is 0 Å². The average molecular weight is 409 g/mol. The first-order chi connectivity index (χ1) is 14.1. The van der Waals surface area contributed by atoms with Gasteiger partial charge in [-0.3, -0.25) is 5.10 Å². The number of hydrogen-bond acceptors (Lipinski definition) is 7. The van der Waals surface area contributed by atoms with E-state index in [1.54, 1.807) is 0 Å². The van der Waals surface area contributed by atoms with Gasteiger partial charge in [0.05, 0.1) is 46.8 Å².